The van der Waals surface area contributed by atoms with E-state index in [1.165, 1.54) is 12.1 Å². The number of halogens is 1. The predicted molar refractivity (Wildman–Crippen MR) is 89.1 cm³/mol. The molecule has 1 amide bonds. The lowest BCUT2D eigenvalue weighted by atomic mass is 9.98. The van der Waals surface area contributed by atoms with E-state index >= 15 is 0 Å². The van der Waals surface area contributed by atoms with E-state index in [1.54, 1.807) is 12.1 Å². The first kappa shape index (κ1) is 18.9. The number of piperidine rings is 1. The molecule has 0 spiro atoms. The Labute approximate surface area is 138 Å². The number of benzene rings is 1. The Morgan fingerprint density at radius 2 is 2.09 bits per heavy atom. The van der Waals surface area contributed by atoms with Crippen LogP contribution in [0.2, 0.25) is 0 Å². The molecule has 0 aromatic heterocycles. The fraction of sp³-hybridized carbons (Fsp3) is 0.533. The number of carbonyl (C=O) groups excluding carboxylic acids is 1. The lowest BCUT2D eigenvalue weighted by molar-refractivity contribution is 0.0605. The van der Waals surface area contributed by atoms with E-state index in [0.29, 0.717) is 18.7 Å². The molecule has 0 radical (unpaired) electrons. The van der Waals surface area contributed by atoms with Crippen molar-refractivity contribution in [1.29, 1.82) is 0 Å². The number of amides is 1. The van der Waals surface area contributed by atoms with Gasteiger partial charge >= 0.3 is 0 Å². The maximum Gasteiger partial charge on any atom is 0.254 e. The van der Waals surface area contributed by atoms with Gasteiger partial charge in [0.15, 0.2) is 9.84 Å². The molecule has 22 heavy (non-hydrogen) atoms. The molecule has 1 fully saturated rings. The molecule has 7 heteroatoms. The molecule has 0 aliphatic carbocycles. The number of nitrogens with two attached hydrogens (primary N) is 1. The van der Waals surface area contributed by atoms with Crippen LogP contribution in [0.4, 0.5) is 0 Å². The van der Waals surface area contributed by atoms with Crippen molar-refractivity contribution in [2.75, 3.05) is 19.3 Å². The van der Waals surface area contributed by atoms with Gasteiger partial charge in [-0.15, -0.1) is 12.4 Å². The van der Waals surface area contributed by atoms with Gasteiger partial charge in [-0.1, -0.05) is 6.07 Å². The number of carbonyl (C=O) groups is 1. The Kier molecular flexibility index (Phi) is 6.84. The number of hydrogen-bond acceptors (Lipinski definition) is 4. The first-order valence-corrected chi connectivity index (χ1v) is 9.14. The quantitative estimate of drug-likeness (QED) is 0.902. The first-order valence-electron chi connectivity index (χ1n) is 7.24. The van der Waals surface area contributed by atoms with Crippen molar-refractivity contribution >= 4 is 28.2 Å². The number of likely N-dealkylation sites (tertiary alicyclic amines) is 1. The molecule has 1 saturated heterocycles. The van der Waals surface area contributed by atoms with Gasteiger partial charge in [0.1, 0.15) is 0 Å². The molecular formula is C15H23ClN2O3S. The first-order chi connectivity index (χ1) is 9.93. The molecule has 0 saturated carbocycles. The van der Waals surface area contributed by atoms with Crippen molar-refractivity contribution in [3.05, 3.63) is 29.8 Å². The van der Waals surface area contributed by atoms with Crippen LogP contribution >= 0.6 is 12.4 Å². The topological polar surface area (TPSA) is 80.5 Å². The van der Waals surface area contributed by atoms with Gasteiger partial charge in [-0.3, -0.25) is 4.79 Å². The Hall–Kier alpha value is -1.11. The van der Waals surface area contributed by atoms with Gasteiger partial charge in [-0.2, -0.15) is 0 Å². The molecular weight excluding hydrogens is 324 g/mol. The summed E-state index contributed by atoms with van der Waals surface area (Å²) in [6, 6.07) is 6.43. The van der Waals surface area contributed by atoms with Crippen LogP contribution in [0.3, 0.4) is 0 Å². The van der Waals surface area contributed by atoms with Crippen molar-refractivity contribution in [3.8, 4) is 0 Å². The van der Waals surface area contributed by atoms with Crippen molar-refractivity contribution in [2.24, 2.45) is 5.73 Å². The summed E-state index contributed by atoms with van der Waals surface area (Å²) in [4.78, 5) is 14.7. The van der Waals surface area contributed by atoms with Crippen LogP contribution in [-0.2, 0) is 9.84 Å². The van der Waals surface area contributed by atoms with Gasteiger partial charge in [0.2, 0.25) is 0 Å². The maximum absolute atomic E-state index is 12.7. The highest BCUT2D eigenvalue weighted by atomic mass is 35.5. The van der Waals surface area contributed by atoms with Crippen LogP contribution in [0.15, 0.2) is 29.2 Å². The third-order valence-corrected chi connectivity index (χ3v) is 5.01. The predicted octanol–water partition coefficient (Wildman–Crippen LogP) is 1.86. The van der Waals surface area contributed by atoms with Crippen LogP contribution < -0.4 is 5.73 Å². The van der Waals surface area contributed by atoms with E-state index in [0.717, 1.165) is 31.9 Å². The average Bonchev–Trinajstić information content (AvgIpc) is 2.47. The van der Waals surface area contributed by atoms with Crippen molar-refractivity contribution in [1.82, 2.24) is 4.90 Å². The smallest absolute Gasteiger partial charge is 0.254 e. The molecule has 1 aliphatic heterocycles. The van der Waals surface area contributed by atoms with Crippen LogP contribution in [0.1, 0.15) is 36.0 Å². The summed E-state index contributed by atoms with van der Waals surface area (Å²) in [5.74, 6) is -0.0985. The van der Waals surface area contributed by atoms with Gasteiger partial charge in [0.05, 0.1) is 4.90 Å². The fourth-order valence-corrected chi connectivity index (χ4v) is 3.45. The molecule has 1 atom stereocenters. The van der Waals surface area contributed by atoms with Crippen molar-refractivity contribution < 1.29 is 13.2 Å². The maximum atomic E-state index is 12.7. The normalized spacial score (nSPS) is 18.6. The zero-order chi connectivity index (χ0) is 15.5. The van der Waals surface area contributed by atoms with Crippen LogP contribution in [0.25, 0.3) is 0 Å². The Balaban J connectivity index is 0.00000242. The molecule has 2 N–H and O–H groups in total. The lowest BCUT2D eigenvalue weighted by Crippen LogP contribution is -2.44. The molecule has 2 rings (SSSR count). The summed E-state index contributed by atoms with van der Waals surface area (Å²) in [6.07, 6.45) is 5.00. The Bertz CT molecular complexity index is 617. The summed E-state index contributed by atoms with van der Waals surface area (Å²) in [7, 11) is -3.30. The minimum atomic E-state index is -3.30. The van der Waals surface area contributed by atoms with Crippen LogP contribution in [0, 0.1) is 0 Å². The zero-order valence-electron chi connectivity index (χ0n) is 12.7. The lowest BCUT2D eigenvalue weighted by Gasteiger charge is -2.35. The van der Waals surface area contributed by atoms with Crippen LogP contribution in [0.5, 0.6) is 0 Å². The number of nitrogens with zero attached hydrogens (tertiary/aromatic N) is 1. The third-order valence-electron chi connectivity index (χ3n) is 3.90. The molecule has 1 aromatic rings. The van der Waals surface area contributed by atoms with Gasteiger partial charge < -0.3 is 10.6 Å². The molecule has 1 heterocycles. The Morgan fingerprint density at radius 3 is 2.73 bits per heavy atom. The highest BCUT2D eigenvalue weighted by molar-refractivity contribution is 7.90. The standard InChI is InChI=1S/C15H22N2O3S.ClH/c1-21(19,20)14-7-4-5-12(11-14)15(18)17-10-3-2-6-13(17)8-9-16;/h4-5,7,11,13H,2-3,6,8-10,16H2,1H3;1H. The minimum absolute atomic E-state index is 0. The van der Waals surface area contributed by atoms with Gasteiger partial charge in [-0.05, 0) is 50.4 Å². The summed E-state index contributed by atoms with van der Waals surface area (Å²) >= 11 is 0. The number of rotatable bonds is 4. The molecule has 1 unspecified atom stereocenters. The zero-order valence-corrected chi connectivity index (χ0v) is 14.3. The monoisotopic (exact) mass is 346 g/mol. The van der Waals surface area contributed by atoms with Crippen molar-refractivity contribution in [2.45, 2.75) is 36.6 Å². The number of sulfone groups is 1. The second-order valence-electron chi connectivity index (χ2n) is 5.53. The van der Waals surface area contributed by atoms with Gasteiger partial charge in [-0.25, -0.2) is 8.42 Å². The number of hydrogen-bond donors (Lipinski definition) is 1. The summed E-state index contributed by atoms with van der Waals surface area (Å²) in [6.45, 7) is 1.27. The summed E-state index contributed by atoms with van der Waals surface area (Å²) in [5.41, 5.74) is 6.06. The van der Waals surface area contributed by atoms with Gasteiger partial charge in [0.25, 0.3) is 5.91 Å². The molecule has 5 nitrogen and oxygen atoms in total. The van der Waals surface area contributed by atoms with E-state index in [4.69, 9.17) is 5.73 Å². The molecule has 124 valence electrons. The van der Waals surface area contributed by atoms with Crippen LogP contribution in [-0.4, -0.2) is 44.6 Å². The molecule has 1 aliphatic rings. The van der Waals surface area contributed by atoms with Gasteiger partial charge in [0, 0.05) is 24.4 Å². The SMILES string of the molecule is CS(=O)(=O)c1cccc(C(=O)N2CCCCC2CCN)c1.Cl. The molecule has 1 aromatic carbocycles. The van der Waals surface area contributed by atoms with E-state index in [9.17, 15) is 13.2 Å². The largest absolute Gasteiger partial charge is 0.336 e. The fourth-order valence-electron chi connectivity index (χ4n) is 2.79. The molecule has 0 bridgehead atoms. The van der Waals surface area contributed by atoms with E-state index in [1.807, 2.05) is 4.90 Å². The third kappa shape index (κ3) is 4.44. The second kappa shape index (κ2) is 7.94. The second-order valence-corrected chi connectivity index (χ2v) is 7.54. The van der Waals surface area contributed by atoms with Crippen molar-refractivity contribution in [3.63, 3.8) is 0 Å². The minimum Gasteiger partial charge on any atom is -0.336 e. The van der Waals surface area contributed by atoms with E-state index in [2.05, 4.69) is 0 Å². The average molecular weight is 347 g/mol. The summed E-state index contributed by atoms with van der Waals surface area (Å²) < 4.78 is 23.2. The highest BCUT2D eigenvalue weighted by Crippen LogP contribution is 2.22. The van der Waals surface area contributed by atoms with E-state index in [-0.39, 0.29) is 29.3 Å². The highest BCUT2D eigenvalue weighted by Gasteiger charge is 2.27. The Morgan fingerprint density at radius 1 is 1.36 bits per heavy atom. The summed E-state index contributed by atoms with van der Waals surface area (Å²) in [5, 5.41) is 0. The van der Waals surface area contributed by atoms with E-state index < -0.39 is 9.84 Å².